The van der Waals surface area contributed by atoms with Gasteiger partial charge in [-0.2, -0.15) is 0 Å². The zero-order valence-corrected chi connectivity index (χ0v) is 10.1. The summed E-state index contributed by atoms with van der Waals surface area (Å²) in [5.74, 6) is 2.13. The van der Waals surface area contributed by atoms with Gasteiger partial charge < -0.3 is 8.74 Å². The van der Waals surface area contributed by atoms with Crippen molar-refractivity contribution in [3.8, 4) is 0 Å². The second-order valence-corrected chi connectivity index (χ2v) is 5.72. The van der Waals surface area contributed by atoms with Crippen molar-refractivity contribution in [2.75, 3.05) is 18.1 Å². The van der Waals surface area contributed by atoms with Crippen molar-refractivity contribution in [2.24, 2.45) is 0 Å². The van der Waals surface area contributed by atoms with Crippen LogP contribution in [-0.2, 0) is 15.5 Å². The first-order chi connectivity index (χ1) is 6.27. The highest BCUT2D eigenvalue weighted by Gasteiger charge is 1.91. The molecule has 13 heavy (non-hydrogen) atoms. The van der Waals surface area contributed by atoms with Crippen molar-refractivity contribution in [3.05, 3.63) is 0 Å². The van der Waals surface area contributed by atoms with Gasteiger partial charge in [-0.1, -0.05) is 34.9 Å². The van der Waals surface area contributed by atoms with Crippen LogP contribution in [0.4, 0.5) is 0 Å². The Morgan fingerprint density at radius 1 is 1.31 bits per heavy atom. The van der Waals surface area contributed by atoms with Crippen LogP contribution in [-0.4, -0.2) is 26.9 Å². The van der Waals surface area contributed by atoms with Crippen molar-refractivity contribution in [1.29, 1.82) is 0 Å². The zero-order chi connectivity index (χ0) is 9.94. The normalized spacial score (nSPS) is 13.1. The molecule has 0 radical (unpaired) electrons. The van der Waals surface area contributed by atoms with Crippen LogP contribution in [0.25, 0.3) is 0 Å². The monoisotopic (exact) mass is 243 g/mol. The third-order valence-corrected chi connectivity index (χ3v) is 4.15. The molecule has 0 N–H and O–H groups in total. The van der Waals surface area contributed by atoms with Gasteiger partial charge in [0.15, 0.2) is 0 Å². The zero-order valence-electron chi connectivity index (χ0n) is 7.69. The number of hydrogen-bond acceptors (Lipinski definition) is 5. The summed E-state index contributed by atoms with van der Waals surface area (Å²) >= 11 is -2.34. The Morgan fingerprint density at radius 3 is 2.46 bits per heavy atom. The van der Waals surface area contributed by atoms with Gasteiger partial charge in [-0.15, -0.1) is 0 Å². The summed E-state index contributed by atoms with van der Waals surface area (Å²) in [6, 6.07) is 0. The average molecular weight is 243 g/mol. The molecule has 0 fully saturated rings. The first-order valence-electron chi connectivity index (χ1n) is 4.24. The van der Waals surface area contributed by atoms with E-state index in [9.17, 15) is 8.76 Å². The van der Waals surface area contributed by atoms with Crippen molar-refractivity contribution in [1.82, 2.24) is 0 Å². The molecule has 0 aromatic rings. The summed E-state index contributed by atoms with van der Waals surface area (Å²) in [5.41, 5.74) is 0. The van der Waals surface area contributed by atoms with E-state index in [0.29, 0.717) is 6.61 Å². The summed E-state index contributed by atoms with van der Waals surface area (Å²) < 4.78 is 24.2. The predicted molar refractivity (Wildman–Crippen MR) is 59.3 cm³/mol. The molecule has 0 saturated carbocycles. The molecule has 3 nitrogen and oxygen atoms in total. The van der Waals surface area contributed by atoms with Crippen molar-refractivity contribution in [3.63, 3.8) is 0 Å². The second-order valence-electron chi connectivity index (χ2n) is 2.38. The standard InChI is InChI=1S/C7H16O3S3/c1-2-3-6-11-12-7-4-5-10-13(8)9/h2-7H2,1H3,(H,8,9)/p-1. The van der Waals surface area contributed by atoms with Crippen LogP contribution in [0.5, 0.6) is 0 Å². The van der Waals surface area contributed by atoms with E-state index in [0.717, 1.165) is 12.2 Å². The van der Waals surface area contributed by atoms with Gasteiger partial charge >= 0.3 is 0 Å². The minimum atomic E-state index is -2.34. The fourth-order valence-electron chi connectivity index (χ4n) is 0.566. The van der Waals surface area contributed by atoms with Crippen LogP contribution >= 0.6 is 21.6 Å². The Balaban J connectivity index is 2.87. The fraction of sp³-hybridized carbons (Fsp3) is 1.00. The maximum absolute atomic E-state index is 9.94. The molecule has 0 rings (SSSR count). The molecule has 1 atom stereocenters. The predicted octanol–water partition coefficient (Wildman–Crippen LogP) is 2.37. The first kappa shape index (κ1) is 13.8. The van der Waals surface area contributed by atoms with E-state index >= 15 is 0 Å². The lowest BCUT2D eigenvalue weighted by Crippen LogP contribution is -1.98. The van der Waals surface area contributed by atoms with E-state index in [4.69, 9.17) is 0 Å². The number of unbranched alkanes of at least 4 members (excludes halogenated alkanes) is 1. The molecule has 0 bridgehead atoms. The third kappa shape index (κ3) is 12.8. The Bertz CT molecular complexity index is 132. The van der Waals surface area contributed by atoms with Crippen molar-refractivity contribution >= 4 is 32.9 Å². The molecular weight excluding hydrogens is 228 g/mol. The van der Waals surface area contributed by atoms with Gasteiger partial charge in [0.2, 0.25) is 0 Å². The van der Waals surface area contributed by atoms with Gasteiger partial charge in [0.1, 0.15) is 0 Å². The quantitative estimate of drug-likeness (QED) is 0.353. The summed E-state index contributed by atoms with van der Waals surface area (Å²) in [6.07, 6.45) is 3.27. The Labute approximate surface area is 90.3 Å². The Morgan fingerprint density at radius 2 is 1.92 bits per heavy atom. The topological polar surface area (TPSA) is 49.4 Å². The molecule has 0 spiro atoms. The van der Waals surface area contributed by atoms with Crippen molar-refractivity contribution in [2.45, 2.75) is 26.2 Å². The second kappa shape index (κ2) is 10.8. The van der Waals surface area contributed by atoms with Gasteiger partial charge in [-0.25, -0.2) is 4.21 Å². The number of hydrogen-bond donors (Lipinski definition) is 0. The average Bonchev–Trinajstić information content (AvgIpc) is 2.09. The summed E-state index contributed by atoms with van der Waals surface area (Å²) in [6.45, 7) is 2.47. The van der Waals surface area contributed by atoms with E-state index in [1.165, 1.54) is 18.6 Å². The molecule has 0 aliphatic heterocycles. The first-order valence-corrected chi connectivity index (χ1v) is 7.73. The molecule has 0 aromatic carbocycles. The van der Waals surface area contributed by atoms with E-state index in [2.05, 4.69) is 11.1 Å². The lowest BCUT2D eigenvalue weighted by molar-refractivity contribution is 0.301. The summed E-state index contributed by atoms with van der Waals surface area (Å²) in [7, 11) is 3.62. The highest BCUT2D eigenvalue weighted by Crippen LogP contribution is 2.22. The highest BCUT2D eigenvalue weighted by atomic mass is 33.1. The Hall–Kier alpha value is 0.770. The van der Waals surface area contributed by atoms with Gasteiger partial charge in [-0.05, 0) is 12.8 Å². The molecule has 0 aliphatic rings. The number of rotatable bonds is 9. The molecule has 0 amide bonds. The minimum absolute atomic E-state index is 0.303. The van der Waals surface area contributed by atoms with Gasteiger partial charge in [0, 0.05) is 11.5 Å². The van der Waals surface area contributed by atoms with Crippen molar-refractivity contribution < 1.29 is 12.9 Å². The van der Waals surface area contributed by atoms with Crippen LogP contribution in [0.2, 0.25) is 0 Å². The lowest BCUT2D eigenvalue weighted by atomic mass is 10.4. The molecule has 0 aromatic heterocycles. The lowest BCUT2D eigenvalue weighted by Gasteiger charge is -2.04. The fourth-order valence-corrected chi connectivity index (χ4v) is 3.11. The summed E-state index contributed by atoms with van der Waals surface area (Å²) in [4.78, 5) is 0. The smallest absolute Gasteiger partial charge is 0.0842 e. The van der Waals surface area contributed by atoms with E-state index in [-0.39, 0.29) is 0 Å². The van der Waals surface area contributed by atoms with Crippen LogP contribution in [0.3, 0.4) is 0 Å². The summed E-state index contributed by atoms with van der Waals surface area (Å²) in [5, 5.41) is 0. The molecule has 0 heterocycles. The van der Waals surface area contributed by atoms with Crippen LogP contribution in [0.15, 0.2) is 0 Å². The molecular formula is C7H15O3S3-. The van der Waals surface area contributed by atoms with Crippen LogP contribution < -0.4 is 0 Å². The SMILES string of the molecule is CCCCSSCCCOS(=O)[O-]. The van der Waals surface area contributed by atoms with Crippen LogP contribution in [0, 0.1) is 0 Å². The van der Waals surface area contributed by atoms with Gasteiger partial charge in [-0.3, -0.25) is 0 Å². The van der Waals surface area contributed by atoms with Crippen LogP contribution in [0.1, 0.15) is 26.2 Å². The van der Waals surface area contributed by atoms with Gasteiger partial charge in [0.25, 0.3) is 0 Å². The minimum Gasteiger partial charge on any atom is -0.750 e. The Kier molecular flexibility index (Phi) is 11.5. The molecule has 80 valence electrons. The molecule has 0 saturated heterocycles. The maximum Gasteiger partial charge on any atom is 0.0842 e. The molecule has 6 heteroatoms. The third-order valence-electron chi connectivity index (χ3n) is 1.22. The van der Waals surface area contributed by atoms with E-state index < -0.39 is 11.4 Å². The van der Waals surface area contributed by atoms with E-state index in [1.807, 2.05) is 10.8 Å². The van der Waals surface area contributed by atoms with Gasteiger partial charge in [0.05, 0.1) is 18.0 Å². The largest absolute Gasteiger partial charge is 0.750 e. The molecule has 1 unspecified atom stereocenters. The van der Waals surface area contributed by atoms with E-state index in [1.54, 1.807) is 10.8 Å². The molecule has 0 aliphatic carbocycles. The highest BCUT2D eigenvalue weighted by molar-refractivity contribution is 8.76. The maximum atomic E-state index is 9.94.